The molecule has 1 aliphatic heterocycles. The zero-order chi connectivity index (χ0) is 22.4. The minimum Gasteiger partial charge on any atom is -0.490 e. The lowest BCUT2D eigenvalue weighted by Gasteiger charge is -2.28. The largest absolute Gasteiger partial charge is 0.490 e. The van der Waals surface area contributed by atoms with Crippen LogP contribution in [0.2, 0.25) is 0 Å². The molecule has 2 aromatic heterocycles. The van der Waals surface area contributed by atoms with E-state index in [9.17, 15) is 18.7 Å². The molecule has 3 aromatic rings. The van der Waals surface area contributed by atoms with Crippen LogP contribution in [0.25, 0.3) is 5.65 Å². The normalized spacial score (nSPS) is 25.5. The van der Waals surface area contributed by atoms with Gasteiger partial charge in [-0.1, -0.05) is 0 Å². The van der Waals surface area contributed by atoms with E-state index in [4.69, 9.17) is 10.5 Å². The summed E-state index contributed by atoms with van der Waals surface area (Å²) in [7, 11) is 0. The number of nitrogens with zero attached hydrogens (tertiary/aromatic N) is 4. The van der Waals surface area contributed by atoms with Gasteiger partial charge in [0.25, 0.3) is 0 Å². The second kappa shape index (κ2) is 8.01. The Morgan fingerprint density at radius 3 is 2.84 bits per heavy atom. The van der Waals surface area contributed by atoms with Crippen LogP contribution in [0.5, 0.6) is 5.75 Å². The summed E-state index contributed by atoms with van der Waals surface area (Å²) in [5.41, 5.74) is 6.65. The lowest BCUT2D eigenvalue weighted by molar-refractivity contribution is 0.0698. The molecule has 1 saturated heterocycles. The van der Waals surface area contributed by atoms with E-state index in [1.54, 1.807) is 23.2 Å². The highest BCUT2D eigenvalue weighted by molar-refractivity contribution is 5.94. The van der Waals surface area contributed by atoms with Crippen LogP contribution in [0, 0.1) is 5.82 Å². The molecule has 0 amide bonds. The number of benzene rings is 1. The van der Waals surface area contributed by atoms with Crippen LogP contribution in [0.15, 0.2) is 36.7 Å². The predicted molar refractivity (Wildman–Crippen MR) is 112 cm³/mol. The van der Waals surface area contributed by atoms with E-state index in [0.29, 0.717) is 23.6 Å². The molecule has 168 valence electrons. The summed E-state index contributed by atoms with van der Waals surface area (Å²) in [6.07, 6.45) is 4.12. The highest BCUT2D eigenvalue weighted by Gasteiger charge is 2.37. The molecule has 1 aromatic carbocycles. The third-order valence-electron chi connectivity index (χ3n) is 6.18. The molecule has 3 heterocycles. The monoisotopic (exact) mass is 443 g/mol. The Labute approximate surface area is 182 Å². The molecule has 0 radical (unpaired) electrons. The van der Waals surface area contributed by atoms with E-state index >= 15 is 0 Å². The molecule has 4 atom stereocenters. The topological polar surface area (TPSA) is 106 Å². The van der Waals surface area contributed by atoms with Crippen LogP contribution in [0.4, 0.5) is 14.6 Å². The van der Waals surface area contributed by atoms with Crippen molar-refractivity contribution in [1.82, 2.24) is 14.6 Å². The van der Waals surface area contributed by atoms with Gasteiger partial charge in [-0.2, -0.15) is 5.10 Å². The van der Waals surface area contributed by atoms with Gasteiger partial charge in [-0.05, 0) is 43.5 Å². The first kappa shape index (κ1) is 20.6. The van der Waals surface area contributed by atoms with Crippen molar-refractivity contribution >= 4 is 17.4 Å². The fourth-order valence-electron chi connectivity index (χ4n) is 4.65. The van der Waals surface area contributed by atoms with Crippen LogP contribution < -0.4 is 15.4 Å². The van der Waals surface area contributed by atoms with Crippen molar-refractivity contribution < 1.29 is 23.4 Å². The molecule has 0 unspecified atom stereocenters. The Morgan fingerprint density at radius 2 is 2.09 bits per heavy atom. The average molecular weight is 443 g/mol. The lowest BCUT2D eigenvalue weighted by atomic mass is 10.0. The van der Waals surface area contributed by atoms with Crippen LogP contribution in [-0.2, 0) is 0 Å². The summed E-state index contributed by atoms with van der Waals surface area (Å²) >= 11 is 0. The van der Waals surface area contributed by atoms with Gasteiger partial charge >= 0.3 is 5.97 Å². The highest BCUT2D eigenvalue weighted by atomic mass is 19.1. The lowest BCUT2D eigenvalue weighted by Crippen LogP contribution is -2.26. The molecule has 0 bridgehead atoms. The average Bonchev–Trinajstić information content (AvgIpc) is 3.47. The molecule has 1 saturated carbocycles. The highest BCUT2D eigenvalue weighted by Crippen LogP contribution is 2.41. The minimum atomic E-state index is -1.15. The van der Waals surface area contributed by atoms with Crippen molar-refractivity contribution in [3.8, 4) is 5.75 Å². The predicted octanol–water partition coefficient (Wildman–Crippen LogP) is 3.11. The molecular formula is C22H23F2N5O3. The Morgan fingerprint density at radius 1 is 1.25 bits per heavy atom. The van der Waals surface area contributed by atoms with Crippen molar-refractivity contribution in [1.29, 1.82) is 0 Å². The summed E-state index contributed by atoms with van der Waals surface area (Å²) < 4.78 is 36.4. The number of anilines is 1. The molecule has 1 aliphatic carbocycles. The van der Waals surface area contributed by atoms with Crippen molar-refractivity contribution in [3.63, 3.8) is 0 Å². The van der Waals surface area contributed by atoms with Crippen molar-refractivity contribution in [2.45, 2.75) is 50.0 Å². The smallest absolute Gasteiger partial charge is 0.341 e. The summed E-state index contributed by atoms with van der Waals surface area (Å²) in [6, 6.07) is 5.49. The maximum atomic E-state index is 14.6. The minimum absolute atomic E-state index is 0.0493. The summed E-state index contributed by atoms with van der Waals surface area (Å²) in [5, 5.41) is 13.4. The maximum absolute atomic E-state index is 14.6. The molecule has 32 heavy (non-hydrogen) atoms. The zero-order valence-electron chi connectivity index (χ0n) is 17.2. The van der Waals surface area contributed by atoms with Gasteiger partial charge in [-0.15, -0.1) is 0 Å². The number of carboxylic acid groups (broad SMARTS) is 1. The summed E-state index contributed by atoms with van der Waals surface area (Å²) in [4.78, 5) is 17.7. The van der Waals surface area contributed by atoms with E-state index in [0.717, 1.165) is 12.8 Å². The summed E-state index contributed by atoms with van der Waals surface area (Å²) in [6.45, 7) is 0.0502. The number of alkyl halides is 1. The first-order valence-electron chi connectivity index (χ1n) is 10.6. The number of carboxylic acids is 1. The SMILES string of the molecule is N[C@H]1CC[C@@H](Oc2ccc(F)cc2[C@H]2C[C@H](F)CN2c2ccn3ncc(C(=O)O)c3n2)C1. The Kier molecular flexibility index (Phi) is 5.16. The van der Waals surface area contributed by atoms with Gasteiger partial charge in [0.2, 0.25) is 0 Å². The van der Waals surface area contributed by atoms with E-state index in [-0.39, 0.29) is 36.3 Å². The van der Waals surface area contributed by atoms with Gasteiger partial charge < -0.3 is 20.5 Å². The molecule has 5 rings (SSSR count). The molecule has 3 N–H and O–H groups in total. The van der Waals surface area contributed by atoms with Crippen LogP contribution in [0.3, 0.4) is 0 Å². The number of hydrogen-bond acceptors (Lipinski definition) is 6. The summed E-state index contributed by atoms with van der Waals surface area (Å²) in [5.74, 6) is -0.693. The van der Waals surface area contributed by atoms with Gasteiger partial charge in [-0.25, -0.2) is 23.1 Å². The third-order valence-corrected chi connectivity index (χ3v) is 6.18. The number of rotatable bonds is 5. The molecule has 2 fully saturated rings. The van der Waals surface area contributed by atoms with Gasteiger partial charge in [0.15, 0.2) is 5.65 Å². The number of carbonyl (C=O) groups is 1. The maximum Gasteiger partial charge on any atom is 0.341 e. The van der Waals surface area contributed by atoms with Crippen LogP contribution in [0.1, 0.15) is 47.6 Å². The first-order chi connectivity index (χ1) is 15.4. The van der Waals surface area contributed by atoms with Gasteiger partial charge in [0.05, 0.1) is 18.8 Å². The molecule has 8 nitrogen and oxygen atoms in total. The Balaban J connectivity index is 1.52. The fourth-order valence-corrected chi connectivity index (χ4v) is 4.65. The molecule has 10 heteroatoms. The third kappa shape index (κ3) is 3.75. The molecular weight excluding hydrogens is 420 g/mol. The van der Waals surface area contributed by atoms with Crippen molar-refractivity contribution in [2.75, 3.05) is 11.4 Å². The standard InChI is InChI=1S/C22H23F2N5O3/c23-12-1-4-19(32-15-3-2-14(25)9-15)16(7-12)18-8-13(24)11-28(18)20-5-6-29-21(27-20)17(10-26-29)22(30)31/h1,4-7,10,13-15,18H,2-3,8-9,11,25H2,(H,30,31)/t13-,14-,15+,18+/m0/s1. The Bertz CT molecular complexity index is 1170. The van der Waals surface area contributed by atoms with E-state index in [1.165, 1.54) is 22.8 Å². The van der Waals surface area contributed by atoms with E-state index in [2.05, 4.69) is 10.1 Å². The van der Waals surface area contributed by atoms with Gasteiger partial charge in [0.1, 0.15) is 35.2 Å². The van der Waals surface area contributed by atoms with Crippen LogP contribution in [-0.4, -0.2) is 50.5 Å². The number of nitrogens with two attached hydrogens (primary N) is 1. The molecule has 2 aliphatic rings. The van der Waals surface area contributed by atoms with Gasteiger partial charge in [0, 0.05) is 24.2 Å². The number of aromatic nitrogens is 3. The number of aromatic carboxylic acids is 1. The Hall–Kier alpha value is -3.27. The van der Waals surface area contributed by atoms with Crippen LogP contribution >= 0.6 is 0 Å². The van der Waals surface area contributed by atoms with Gasteiger partial charge in [-0.3, -0.25) is 0 Å². The number of ether oxygens (including phenoxy) is 1. The number of fused-ring (bicyclic) bond motifs is 1. The molecule has 0 spiro atoms. The first-order valence-corrected chi connectivity index (χ1v) is 10.6. The van der Waals surface area contributed by atoms with E-state index in [1.807, 2.05) is 0 Å². The van der Waals surface area contributed by atoms with Crippen molar-refractivity contribution in [2.24, 2.45) is 5.73 Å². The fraction of sp³-hybridized carbons (Fsp3) is 0.409. The quantitative estimate of drug-likeness (QED) is 0.624. The number of hydrogen-bond donors (Lipinski definition) is 2. The zero-order valence-corrected chi connectivity index (χ0v) is 17.2. The van der Waals surface area contributed by atoms with Crippen molar-refractivity contribution in [3.05, 3.63) is 53.6 Å². The second-order valence-electron chi connectivity index (χ2n) is 8.41. The second-order valence-corrected chi connectivity index (χ2v) is 8.41. The van der Waals surface area contributed by atoms with E-state index < -0.39 is 24.0 Å². The number of halogens is 2.